The number of hydrazone groups is 1. The highest BCUT2D eigenvalue weighted by molar-refractivity contribution is 6.30. The van der Waals surface area contributed by atoms with Crippen LogP contribution in [0.5, 0.6) is 11.5 Å². The van der Waals surface area contributed by atoms with Crippen LogP contribution in [0.1, 0.15) is 26.3 Å². The summed E-state index contributed by atoms with van der Waals surface area (Å²) in [5.41, 5.74) is 3.68. The topological polar surface area (TPSA) is 77.0 Å². The maximum absolute atomic E-state index is 12.3. The number of rotatable bonds is 6. The monoisotopic (exact) mass is 408 g/mol. The van der Waals surface area contributed by atoms with Crippen LogP contribution >= 0.6 is 11.6 Å². The van der Waals surface area contributed by atoms with Gasteiger partial charge in [-0.1, -0.05) is 35.9 Å². The van der Waals surface area contributed by atoms with Crippen molar-refractivity contribution in [1.29, 1.82) is 0 Å². The van der Waals surface area contributed by atoms with Crippen LogP contribution in [0.15, 0.2) is 77.9 Å². The van der Waals surface area contributed by atoms with Gasteiger partial charge in [0.25, 0.3) is 5.91 Å². The molecule has 0 saturated heterocycles. The third kappa shape index (κ3) is 5.21. The van der Waals surface area contributed by atoms with Gasteiger partial charge in [0.15, 0.2) is 0 Å². The van der Waals surface area contributed by atoms with Crippen molar-refractivity contribution in [1.82, 2.24) is 5.43 Å². The van der Waals surface area contributed by atoms with E-state index in [2.05, 4.69) is 10.5 Å². The van der Waals surface area contributed by atoms with Crippen molar-refractivity contribution in [2.75, 3.05) is 7.11 Å². The number of halogens is 1. The molecule has 0 radical (unpaired) electrons. The Morgan fingerprint density at radius 3 is 2.31 bits per heavy atom. The number of ether oxygens (including phenoxy) is 2. The summed E-state index contributed by atoms with van der Waals surface area (Å²) in [5.74, 6) is -0.199. The summed E-state index contributed by atoms with van der Waals surface area (Å²) in [6, 6.07) is 20.0. The van der Waals surface area contributed by atoms with Gasteiger partial charge in [-0.25, -0.2) is 10.2 Å². The molecule has 0 fully saturated rings. The van der Waals surface area contributed by atoms with Gasteiger partial charge in [-0.3, -0.25) is 4.79 Å². The molecular weight excluding hydrogens is 392 g/mol. The highest BCUT2D eigenvalue weighted by Gasteiger charge is 2.12. The number of benzene rings is 3. The molecule has 0 aliphatic heterocycles. The van der Waals surface area contributed by atoms with Crippen molar-refractivity contribution < 1.29 is 19.1 Å². The number of esters is 1. The molecule has 0 saturated carbocycles. The summed E-state index contributed by atoms with van der Waals surface area (Å²) >= 11 is 5.84. The lowest BCUT2D eigenvalue weighted by molar-refractivity contribution is 0.0734. The van der Waals surface area contributed by atoms with Crippen molar-refractivity contribution in [3.05, 3.63) is 94.5 Å². The second-order valence-corrected chi connectivity index (χ2v) is 6.27. The van der Waals surface area contributed by atoms with Crippen molar-refractivity contribution in [3.63, 3.8) is 0 Å². The van der Waals surface area contributed by atoms with E-state index >= 15 is 0 Å². The van der Waals surface area contributed by atoms with E-state index in [0.29, 0.717) is 33.2 Å². The van der Waals surface area contributed by atoms with Crippen LogP contribution in [0.4, 0.5) is 0 Å². The van der Waals surface area contributed by atoms with Crippen molar-refractivity contribution in [2.45, 2.75) is 0 Å². The van der Waals surface area contributed by atoms with Crippen LogP contribution in [-0.4, -0.2) is 25.2 Å². The number of carbonyl (C=O) groups is 2. The summed E-state index contributed by atoms with van der Waals surface area (Å²) < 4.78 is 10.6. The highest BCUT2D eigenvalue weighted by atomic mass is 35.5. The number of methoxy groups -OCH3 is 1. The molecule has 29 heavy (non-hydrogen) atoms. The summed E-state index contributed by atoms with van der Waals surface area (Å²) in [6.07, 6.45) is 1.40. The lowest BCUT2D eigenvalue weighted by atomic mass is 10.2. The van der Waals surface area contributed by atoms with Crippen molar-refractivity contribution in [3.8, 4) is 11.5 Å². The fraction of sp³-hybridized carbons (Fsp3) is 0.0455. The zero-order chi connectivity index (χ0) is 20.6. The molecule has 1 amide bonds. The molecule has 3 aromatic carbocycles. The smallest absolute Gasteiger partial charge is 0.343 e. The minimum atomic E-state index is -0.527. The fourth-order valence-electron chi connectivity index (χ4n) is 2.48. The first kappa shape index (κ1) is 20.1. The van der Waals surface area contributed by atoms with Gasteiger partial charge in [-0.2, -0.15) is 5.10 Å². The molecule has 0 atom stereocenters. The Morgan fingerprint density at radius 1 is 0.931 bits per heavy atom. The standard InChI is InChI=1S/C22H17ClN2O4/c1-28-20-9-5-3-7-18(20)21(26)25-24-14-16-6-2-4-8-19(16)29-22(27)15-10-12-17(23)13-11-15/h2-14H,1H3,(H,25,26)/b24-14+. The van der Waals surface area contributed by atoms with E-state index in [4.69, 9.17) is 21.1 Å². The Labute approximate surface area is 172 Å². The van der Waals surface area contributed by atoms with E-state index in [-0.39, 0.29) is 0 Å². The Morgan fingerprint density at radius 2 is 1.59 bits per heavy atom. The van der Waals surface area contributed by atoms with Gasteiger partial charge in [0.1, 0.15) is 11.5 Å². The summed E-state index contributed by atoms with van der Waals surface area (Å²) in [5, 5.41) is 4.48. The van der Waals surface area contributed by atoms with Gasteiger partial charge in [0.2, 0.25) is 0 Å². The number of para-hydroxylation sites is 2. The Kier molecular flexibility index (Phi) is 6.60. The SMILES string of the molecule is COc1ccccc1C(=O)N/N=C/c1ccccc1OC(=O)c1ccc(Cl)cc1. The van der Waals surface area contributed by atoms with Gasteiger partial charge < -0.3 is 9.47 Å². The molecule has 0 heterocycles. The molecule has 1 N–H and O–H groups in total. The van der Waals surface area contributed by atoms with E-state index in [0.717, 1.165) is 0 Å². The highest BCUT2D eigenvalue weighted by Crippen LogP contribution is 2.19. The summed E-state index contributed by atoms with van der Waals surface area (Å²) in [4.78, 5) is 24.6. The molecule has 0 aromatic heterocycles. The third-order valence-corrected chi connectivity index (χ3v) is 4.17. The summed E-state index contributed by atoms with van der Waals surface area (Å²) in [6.45, 7) is 0. The summed E-state index contributed by atoms with van der Waals surface area (Å²) in [7, 11) is 1.49. The van der Waals surface area contributed by atoms with Gasteiger partial charge in [-0.05, 0) is 48.5 Å². The van der Waals surface area contributed by atoms with Gasteiger partial charge in [0.05, 0.1) is 24.5 Å². The third-order valence-electron chi connectivity index (χ3n) is 3.92. The van der Waals surface area contributed by atoms with Crippen LogP contribution < -0.4 is 14.9 Å². The maximum Gasteiger partial charge on any atom is 0.343 e. The molecular formula is C22H17ClN2O4. The first-order valence-electron chi connectivity index (χ1n) is 8.61. The van der Waals surface area contributed by atoms with E-state index in [1.165, 1.54) is 13.3 Å². The number of hydrogen-bond donors (Lipinski definition) is 1. The molecule has 0 unspecified atom stereocenters. The molecule has 0 aliphatic carbocycles. The fourth-order valence-corrected chi connectivity index (χ4v) is 2.60. The molecule has 3 aromatic rings. The average molecular weight is 409 g/mol. The molecule has 0 spiro atoms. The zero-order valence-corrected chi connectivity index (χ0v) is 16.2. The van der Waals surface area contributed by atoms with Gasteiger partial charge in [0, 0.05) is 10.6 Å². The Bertz CT molecular complexity index is 1050. The zero-order valence-electron chi connectivity index (χ0n) is 15.5. The predicted octanol–water partition coefficient (Wildman–Crippen LogP) is 4.33. The molecule has 6 nitrogen and oxygen atoms in total. The van der Waals surface area contributed by atoms with E-state index < -0.39 is 11.9 Å². The van der Waals surface area contributed by atoms with Crippen LogP contribution in [0.2, 0.25) is 5.02 Å². The van der Waals surface area contributed by atoms with Gasteiger partial charge in [-0.15, -0.1) is 0 Å². The first-order valence-corrected chi connectivity index (χ1v) is 8.99. The molecule has 0 aliphatic rings. The predicted molar refractivity (Wildman–Crippen MR) is 111 cm³/mol. The second-order valence-electron chi connectivity index (χ2n) is 5.83. The van der Waals surface area contributed by atoms with E-state index in [9.17, 15) is 9.59 Å². The molecule has 146 valence electrons. The molecule has 3 rings (SSSR count). The number of nitrogens with zero attached hydrogens (tertiary/aromatic N) is 1. The average Bonchev–Trinajstić information content (AvgIpc) is 2.75. The largest absolute Gasteiger partial charge is 0.496 e. The van der Waals surface area contributed by atoms with Gasteiger partial charge >= 0.3 is 5.97 Å². The molecule has 7 heteroatoms. The van der Waals surface area contributed by atoms with E-state index in [1.807, 2.05) is 0 Å². The lowest BCUT2D eigenvalue weighted by Gasteiger charge is -2.08. The van der Waals surface area contributed by atoms with Crippen LogP contribution in [0.25, 0.3) is 0 Å². The van der Waals surface area contributed by atoms with Crippen LogP contribution in [0, 0.1) is 0 Å². The second kappa shape index (κ2) is 9.52. The number of carbonyl (C=O) groups excluding carboxylic acids is 2. The Balaban J connectivity index is 1.71. The minimum absolute atomic E-state index is 0.308. The number of nitrogens with one attached hydrogen (secondary N) is 1. The van der Waals surface area contributed by atoms with E-state index in [1.54, 1.807) is 72.8 Å². The van der Waals surface area contributed by atoms with Crippen molar-refractivity contribution >= 4 is 29.7 Å². The maximum atomic E-state index is 12.3. The lowest BCUT2D eigenvalue weighted by Crippen LogP contribution is -2.18. The first-order chi connectivity index (χ1) is 14.1. The Hall–Kier alpha value is -3.64. The quantitative estimate of drug-likeness (QED) is 0.285. The normalized spacial score (nSPS) is 10.6. The number of amides is 1. The number of hydrogen-bond acceptors (Lipinski definition) is 5. The molecule has 0 bridgehead atoms. The van der Waals surface area contributed by atoms with Crippen molar-refractivity contribution in [2.24, 2.45) is 5.10 Å². The minimum Gasteiger partial charge on any atom is -0.496 e. The van der Waals surface area contributed by atoms with Crippen LogP contribution in [0.3, 0.4) is 0 Å². The van der Waals surface area contributed by atoms with Crippen LogP contribution in [-0.2, 0) is 0 Å².